The molecule has 3 nitrogen and oxygen atoms in total. The van der Waals surface area contributed by atoms with Crippen molar-refractivity contribution in [1.29, 1.82) is 0 Å². The third kappa shape index (κ3) is 2.80. The zero-order valence-electron chi connectivity index (χ0n) is 9.36. The van der Waals surface area contributed by atoms with Crippen LogP contribution in [0.25, 0.3) is 0 Å². The molecule has 94 valence electrons. The Balaban J connectivity index is 2.25. The van der Waals surface area contributed by atoms with Crippen molar-refractivity contribution in [2.24, 2.45) is 0 Å². The van der Waals surface area contributed by atoms with Crippen molar-refractivity contribution in [1.82, 2.24) is 0 Å². The summed E-state index contributed by atoms with van der Waals surface area (Å²) in [5, 5.41) is 8.91. The van der Waals surface area contributed by atoms with Gasteiger partial charge in [0.15, 0.2) is 5.75 Å². The lowest BCUT2D eigenvalue weighted by Gasteiger charge is -2.09. The smallest absolute Gasteiger partial charge is 0.153 e. The molecule has 0 aliphatic rings. The largest absolute Gasteiger partial charge is 0.455 e. The summed E-state index contributed by atoms with van der Waals surface area (Å²) in [5.74, 6) is 0.347. The number of aliphatic hydroxyl groups excluding tert-OH is 1. The summed E-state index contributed by atoms with van der Waals surface area (Å²) in [7, 11) is 0. The molecule has 2 rings (SSSR count). The molecule has 0 unspecified atom stereocenters. The van der Waals surface area contributed by atoms with Gasteiger partial charge in [-0.3, -0.25) is 0 Å². The van der Waals surface area contributed by atoms with E-state index in [2.05, 4.69) is 15.9 Å². The van der Waals surface area contributed by atoms with E-state index in [1.807, 2.05) is 0 Å². The van der Waals surface area contributed by atoms with Gasteiger partial charge in [-0.05, 0) is 39.7 Å². The maximum Gasteiger partial charge on any atom is 0.153 e. The molecule has 0 atom stereocenters. The SMILES string of the molecule is Nc1cc(Br)c(F)cc1Oc1ccc(CO)cc1. The molecule has 0 aliphatic heterocycles. The average Bonchev–Trinajstić information content (AvgIpc) is 2.37. The van der Waals surface area contributed by atoms with Crippen molar-refractivity contribution in [3.63, 3.8) is 0 Å². The van der Waals surface area contributed by atoms with Gasteiger partial charge in [0, 0.05) is 6.07 Å². The third-order valence-corrected chi connectivity index (χ3v) is 2.99. The molecule has 0 spiro atoms. The highest BCUT2D eigenvalue weighted by atomic mass is 79.9. The first-order valence-corrected chi connectivity index (χ1v) is 6.01. The topological polar surface area (TPSA) is 55.5 Å². The zero-order chi connectivity index (χ0) is 13.1. The normalized spacial score (nSPS) is 10.4. The molecular formula is C13H11BrFNO2. The summed E-state index contributed by atoms with van der Waals surface area (Å²) in [5.41, 5.74) is 6.85. The quantitative estimate of drug-likeness (QED) is 0.854. The van der Waals surface area contributed by atoms with Gasteiger partial charge in [-0.25, -0.2) is 4.39 Å². The Morgan fingerprint density at radius 1 is 1.22 bits per heavy atom. The molecule has 18 heavy (non-hydrogen) atoms. The molecule has 3 N–H and O–H groups in total. The van der Waals surface area contributed by atoms with Crippen LogP contribution in [0.2, 0.25) is 0 Å². The van der Waals surface area contributed by atoms with E-state index in [1.165, 1.54) is 12.1 Å². The minimum Gasteiger partial charge on any atom is -0.455 e. The highest BCUT2D eigenvalue weighted by Crippen LogP contribution is 2.32. The van der Waals surface area contributed by atoms with Crippen LogP contribution < -0.4 is 10.5 Å². The molecule has 0 heterocycles. The fraction of sp³-hybridized carbons (Fsp3) is 0.0769. The van der Waals surface area contributed by atoms with Gasteiger partial charge in [0.2, 0.25) is 0 Å². The lowest BCUT2D eigenvalue weighted by atomic mass is 10.2. The van der Waals surface area contributed by atoms with Crippen LogP contribution in [-0.2, 0) is 6.61 Å². The number of aliphatic hydroxyl groups is 1. The summed E-state index contributed by atoms with van der Waals surface area (Å²) < 4.78 is 19.1. The van der Waals surface area contributed by atoms with E-state index in [-0.39, 0.29) is 12.4 Å². The summed E-state index contributed by atoms with van der Waals surface area (Å²) in [4.78, 5) is 0. The van der Waals surface area contributed by atoms with Crippen molar-refractivity contribution in [2.75, 3.05) is 5.73 Å². The van der Waals surface area contributed by atoms with E-state index >= 15 is 0 Å². The van der Waals surface area contributed by atoms with E-state index in [9.17, 15) is 4.39 Å². The molecular weight excluding hydrogens is 301 g/mol. The highest BCUT2D eigenvalue weighted by Gasteiger charge is 2.08. The number of ether oxygens (including phenoxy) is 1. The Morgan fingerprint density at radius 2 is 1.89 bits per heavy atom. The van der Waals surface area contributed by atoms with Gasteiger partial charge in [0.1, 0.15) is 11.6 Å². The Kier molecular flexibility index (Phi) is 3.84. The van der Waals surface area contributed by atoms with E-state index in [0.29, 0.717) is 15.9 Å². The first-order chi connectivity index (χ1) is 8.60. The van der Waals surface area contributed by atoms with E-state index in [1.54, 1.807) is 24.3 Å². The molecule has 0 radical (unpaired) electrons. The third-order valence-electron chi connectivity index (χ3n) is 2.39. The summed E-state index contributed by atoms with van der Waals surface area (Å²) in [6.45, 7) is -0.0324. The Morgan fingerprint density at radius 3 is 2.50 bits per heavy atom. The molecule has 2 aromatic rings. The predicted molar refractivity (Wildman–Crippen MR) is 71.0 cm³/mol. The van der Waals surface area contributed by atoms with E-state index < -0.39 is 5.82 Å². The summed E-state index contributed by atoms with van der Waals surface area (Å²) in [6.07, 6.45) is 0. The number of halogens is 2. The van der Waals surface area contributed by atoms with Gasteiger partial charge < -0.3 is 15.6 Å². The maximum atomic E-state index is 13.4. The zero-order valence-corrected chi connectivity index (χ0v) is 10.9. The van der Waals surface area contributed by atoms with E-state index in [0.717, 1.165) is 5.56 Å². The first-order valence-electron chi connectivity index (χ1n) is 5.22. The van der Waals surface area contributed by atoms with Gasteiger partial charge in [-0.2, -0.15) is 0 Å². The van der Waals surface area contributed by atoms with Gasteiger partial charge in [-0.1, -0.05) is 12.1 Å². The van der Waals surface area contributed by atoms with Crippen LogP contribution >= 0.6 is 15.9 Å². The second kappa shape index (κ2) is 5.37. The average molecular weight is 312 g/mol. The molecule has 0 saturated carbocycles. The van der Waals surface area contributed by atoms with Crippen molar-refractivity contribution < 1.29 is 14.2 Å². The molecule has 0 fully saturated rings. The van der Waals surface area contributed by atoms with Crippen LogP contribution in [0.3, 0.4) is 0 Å². The number of benzene rings is 2. The highest BCUT2D eigenvalue weighted by molar-refractivity contribution is 9.10. The summed E-state index contributed by atoms with van der Waals surface area (Å²) >= 11 is 3.05. The molecule has 0 aromatic heterocycles. The molecule has 0 bridgehead atoms. The summed E-state index contributed by atoms with van der Waals surface area (Å²) in [6, 6.07) is 9.49. The lowest BCUT2D eigenvalue weighted by Crippen LogP contribution is -1.94. The van der Waals surface area contributed by atoms with E-state index in [4.69, 9.17) is 15.6 Å². The Bertz CT molecular complexity index is 558. The standard InChI is InChI=1S/C13H11BrFNO2/c14-10-5-12(16)13(6-11(10)15)18-9-3-1-8(7-17)2-4-9/h1-6,17H,7,16H2. The van der Waals surface area contributed by atoms with Gasteiger partial charge in [0.05, 0.1) is 16.8 Å². The van der Waals surface area contributed by atoms with Crippen LogP contribution in [0.1, 0.15) is 5.56 Å². The molecule has 0 saturated heterocycles. The number of hydrogen-bond acceptors (Lipinski definition) is 3. The Labute approximate surface area is 112 Å². The van der Waals surface area contributed by atoms with Gasteiger partial charge >= 0.3 is 0 Å². The first kappa shape index (κ1) is 12.9. The fourth-order valence-corrected chi connectivity index (χ4v) is 1.78. The minimum absolute atomic E-state index is 0.0324. The number of rotatable bonds is 3. The molecule has 0 amide bonds. The molecule has 2 aromatic carbocycles. The van der Waals surface area contributed by atoms with Crippen LogP contribution in [0.5, 0.6) is 11.5 Å². The van der Waals surface area contributed by atoms with Crippen molar-refractivity contribution >= 4 is 21.6 Å². The second-order valence-electron chi connectivity index (χ2n) is 3.71. The maximum absolute atomic E-state index is 13.4. The van der Waals surface area contributed by atoms with Crippen LogP contribution in [0.4, 0.5) is 10.1 Å². The van der Waals surface area contributed by atoms with Crippen molar-refractivity contribution in [3.8, 4) is 11.5 Å². The lowest BCUT2D eigenvalue weighted by molar-refractivity contribution is 0.281. The van der Waals surface area contributed by atoms with Crippen molar-refractivity contribution in [3.05, 3.63) is 52.3 Å². The number of anilines is 1. The molecule has 5 heteroatoms. The monoisotopic (exact) mass is 311 g/mol. The van der Waals surface area contributed by atoms with Crippen LogP contribution in [0, 0.1) is 5.82 Å². The fourth-order valence-electron chi connectivity index (χ4n) is 1.42. The number of hydrogen-bond donors (Lipinski definition) is 2. The minimum atomic E-state index is -0.439. The molecule has 0 aliphatic carbocycles. The Hall–Kier alpha value is -1.59. The number of nitrogen functional groups attached to an aromatic ring is 1. The van der Waals surface area contributed by atoms with Crippen LogP contribution in [0.15, 0.2) is 40.9 Å². The van der Waals surface area contributed by atoms with Gasteiger partial charge in [0.25, 0.3) is 0 Å². The second-order valence-corrected chi connectivity index (χ2v) is 4.56. The predicted octanol–water partition coefficient (Wildman–Crippen LogP) is 3.46. The van der Waals surface area contributed by atoms with Crippen LogP contribution in [-0.4, -0.2) is 5.11 Å². The number of nitrogens with two attached hydrogens (primary N) is 1. The van der Waals surface area contributed by atoms with Crippen molar-refractivity contribution in [2.45, 2.75) is 6.61 Å². The van der Waals surface area contributed by atoms with Gasteiger partial charge in [-0.15, -0.1) is 0 Å².